The van der Waals surface area contributed by atoms with E-state index in [0.717, 1.165) is 22.3 Å². The summed E-state index contributed by atoms with van der Waals surface area (Å²) in [5, 5.41) is 5.04. The lowest BCUT2D eigenvalue weighted by Crippen LogP contribution is -3.11. The Morgan fingerprint density at radius 1 is 1.35 bits per heavy atom. The fourth-order valence-corrected chi connectivity index (χ4v) is 3.29. The van der Waals surface area contributed by atoms with Gasteiger partial charge in [-0.05, 0) is 59.2 Å². The Morgan fingerprint density at radius 3 is 2.85 bits per heavy atom. The summed E-state index contributed by atoms with van der Waals surface area (Å²) >= 11 is 3.99. The molecule has 0 spiro atoms. The minimum atomic E-state index is 0.0698. The summed E-state index contributed by atoms with van der Waals surface area (Å²) in [6, 6.07) is 12.0. The summed E-state index contributed by atoms with van der Waals surface area (Å²) in [5.74, 6) is 0.0698. The highest BCUT2D eigenvalue weighted by Gasteiger charge is 2.13. The maximum atomic E-state index is 12.1. The van der Waals surface area contributed by atoms with Gasteiger partial charge in [-0.3, -0.25) is 4.79 Å². The average Bonchev–Trinajstić information content (AvgIpc) is 2.90. The summed E-state index contributed by atoms with van der Waals surface area (Å²) in [6.45, 7) is 4.47. The van der Waals surface area contributed by atoms with Crippen molar-refractivity contribution in [2.75, 3.05) is 18.4 Å². The lowest BCUT2D eigenvalue weighted by molar-refractivity contribution is -0.903. The minimum Gasteiger partial charge on any atom is -0.323 e. The first-order valence-electron chi connectivity index (χ1n) is 6.58. The minimum absolute atomic E-state index is 0.0698. The zero-order valence-electron chi connectivity index (χ0n) is 11.4. The van der Waals surface area contributed by atoms with Crippen LogP contribution in [-0.2, 0) is 11.3 Å². The Labute approximate surface area is 137 Å². The number of likely N-dealkylation sites (N-methyl/N-ethyl adjacent to an activating group) is 1. The van der Waals surface area contributed by atoms with Crippen LogP contribution < -0.4 is 10.2 Å². The van der Waals surface area contributed by atoms with Crippen molar-refractivity contribution in [3.63, 3.8) is 0 Å². The lowest BCUT2D eigenvalue weighted by Gasteiger charge is -2.16. The first-order chi connectivity index (χ1) is 9.67. The predicted molar refractivity (Wildman–Crippen MR) is 92.2 cm³/mol. The van der Waals surface area contributed by atoms with E-state index in [0.29, 0.717) is 6.54 Å². The Morgan fingerprint density at radius 2 is 2.20 bits per heavy atom. The van der Waals surface area contributed by atoms with Crippen molar-refractivity contribution >= 4 is 45.5 Å². The second-order valence-corrected chi connectivity index (χ2v) is 6.87. The summed E-state index contributed by atoms with van der Waals surface area (Å²) in [4.78, 5) is 14.7. The van der Waals surface area contributed by atoms with Gasteiger partial charge >= 0.3 is 0 Å². The number of hydrogen-bond donors (Lipinski definition) is 2. The summed E-state index contributed by atoms with van der Waals surface area (Å²) in [5.41, 5.74) is 0.869. The monoisotopic (exact) mass is 401 g/mol. The number of halogens is 1. The molecule has 3 nitrogen and oxygen atoms in total. The van der Waals surface area contributed by atoms with Crippen LogP contribution in [0, 0.1) is 3.57 Å². The van der Waals surface area contributed by atoms with Crippen LogP contribution >= 0.6 is 33.9 Å². The molecular formula is C15H18IN2OS+. The van der Waals surface area contributed by atoms with E-state index in [1.165, 1.54) is 9.78 Å². The van der Waals surface area contributed by atoms with Crippen molar-refractivity contribution in [1.82, 2.24) is 0 Å². The Bertz CT molecular complexity index is 557. The van der Waals surface area contributed by atoms with Gasteiger partial charge in [-0.2, -0.15) is 0 Å². The molecule has 2 N–H and O–H groups in total. The summed E-state index contributed by atoms with van der Waals surface area (Å²) in [6.07, 6.45) is 0. The smallest absolute Gasteiger partial charge is 0.279 e. The molecule has 1 heterocycles. The van der Waals surface area contributed by atoms with Crippen molar-refractivity contribution in [2.24, 2.45) is 0 Å². The van der Waals surface area contributed by atoms with E-state index in [1.54, 1.807) is 11.3 Å². The quantitative estimate of drug-likeness (QED) is 0.717. The zero-order valence-corrected chi connectivity index (χ0v) is 14.3. The molecule has 106 valence electrons. The van der Waals surface area contributed by atoms with Gasteiger partial charge in [-0.15, -0.1) is 11.3 Å². The summed E-state index contributed by atoms with van der Waals surface area (Å²) < 4.78 is 1.12. The number of benzene rings is 1. The van der Waals surface area contributed by atoms with Crippen LogP contribution in [0.3, 0.4) is 0 Å². The van der Waals surface area contributed by atoms with Gasteiger partial charge in [0.15, 0.2) is 6.54 Å². The number of thiophene rings is 1. The van der Waals surface area contributed by atoms with Crippen LogP contribution in [0.4, 0.5) is 5.69 Å². The Hall–Kier alpha value is -0.920. The van der Waals surface area contributed by atoms with Crippen LogP contribution in [0.25, 0.3) is 0 Å². The molecule has 0 fully saturated rings. The molecule has 0 aliphatic carbocycles. The van der Waals surface area contributed by atoms with E-state index in [1.807, 2.05) is 24.3 Å². The van der Waals surface area contributed by atoms with E-state index >= 15 is 0 Å². The van der Waals surface area contributed by atoms with Gasteiger partial charge in [0.05, 0.1) is 11.4 Å². The van der Waals surface area contributed by atoms with Crippen LogP contribution in [0.15, 0.2) is 41.8 Å². The number of rotatable bonds is 6. The number of amides is 1. The topological polar surface area (TPSA) is 33.5 Å². The van der Waals surface area contributed by atoms with Crippen molar-refractivity contribution in [1.29, 1.82) is 0 Å². The Balaban J connectivity index is 1.89. The number of carbonyl (C=O) groups is 1. The first kappa shape index (κ1) is 15.5. The average molecular weight is 401 g/mol. The van der Waals surface area contributed by atoms with Crippen molar-refractivity contribution in [3.8, 4) is 0 Å². The van der Waals surface area contributed by atoms with Crippen molar-refractivity contribution < 1.29 is 9.69 Å². The van der Waals surface area contributed by atoms with E-state index in [2.05, 4.69) is 52.3 Å². The Kier molecular flexibility index (Phi) is 6.00. The second kappa shape index (κ2) is 7.75. The molecule has 20 heavy (non-hydrogen) atoms. The highest BCUT2D eigenvalue weighted by Crippen LogP contribution is 2.11. The van der Waals surface area contributed by atoms with Gasteiger partial charge in [0.2, 0.25) is 0 Å². The fourth-order valence-electron chi connectivity index (χ4n) is 1.97. The molecule has 1 amide bonds. The van der Waals surface area contributed by atoms with Crippen molar-refractivity contribution in [3.05, 3.63) is 50.2 Å². The van der Waals surface area contributed by atoms with Crippen LogP contribution in [0.1, 0.15) is 11.8 Å². The standard InChI is InChI=1S/C15H17IN2OS/c1-2-18(10-14-7-4-8-20-14)11-15(19)17-13-6-3-5-12(16)9-13/h3-9H,2,10-11H2,1H3,(H,17,19)/p+1. The molecule has 2 rings (SSSR count). The maximum Gasteiger partial charge on any atom is 0.279 e. The van der Waals surface area contributed by atoms with E-state index < -0.39 is 0 Å². The number of anilines is 1. The van der Waals surface area contributed by atoms with E-state index in [-0.39, 0.29) is 5.91 Å². The molecule has 0 aliphatic rings. The number of hydrogen-bond acceptors (Lipinski definition) is 2. The van der Waals surface area contributed by atoms with Gasteiger partial charge < -0.3 is 10.2 Å². The van der Waals surface area contributed by atoms with Gasteiger partial charge in [0.1, 0.15) is 6.54 Å². The highest BCUT2D eigenvalue weighted by atomic mass is 127. The molecule has 0 aliphatic heterocycles. The van der Waals surface area contributed by atoms with Gasteiger partial charge in [-0.25, -0.2) is 0 Å². The third kappa shape index (κ3) is 4.88. The molecule has 0 bridgehead atoms. The summed E-state index contributed by atoms with van der Waals surface area (Å²) in [7, 11) is 0. The van der Waals surface area contributed by atoms with Gasteiger partial charge in [0, 0.05) is 9.26 Å². The fraction of sp³-hybridized carbons (Fsp3) is 0.267. The molecule has 1 atom stereocenters. The normalized spacial score (nSPS) is 12.1. The molecule has 0 saturated heterocycles. The molecule has 1 aromatic carbocycles. The molecular weight excluding hydrogens is 383 g/mol. The van der Waals surface area contributed by atoms with Crippen LogP contribution in [0.2, 0.25) is 0 Å². The largest absolute Gasteiger partial charge is 0.323 e. The van der Waals surface area contributed by atoms with Crippen LogP contribution in [0.5, 0.6) is 0 Å². The molecule has 1 aromatic heterocycles. The molecule has 0 radical (unpaired) electrons. The van der Waals surface area contributed by atoms with Crippen LogP contribution in [-0.4, -0.2) is 19.0 Å². The maximum absolute atomic E-state index is 12.1. The second-order valence-electron chi connectivity index (χ2n) is 4.59. The van der Waals surface area contributed by atoms with Crippen molar-refractivity contribution in [2.45, 2.75) is 13.5 Å². The number of quaternary nitrogens is 1. The third-order valence-electron chi connectivity index (χ3n) is 3.02. The molecule has 5 heteroatoms. The van der Waals surface area contributed by atoms with Gasteiger partial charge in [0.25, 0.3) is 5.91 Å². The lowest BCUT2D eigenvalue weighted by atomic mass is 10.3. The third-order valence-corrected chi connectivity index (χ3v) is 4.57. The zero-order chi connectivity index (χ0) is 14.4. The van der Waals surface area contributed by atoms with E-state index in [4.69, 9.17) is 0 Å². The molecule has 0 saturated carbocycles. The molecule has 2 aromatic rings. The molecule has 1 unspecified atom stereocenters. The van der Waals surface area contributed by atoms with Gasteiger partial charge in [-0.1, -0.05) is 12.1 Å². The first-order valence-corrected chi connectivity index (χ1v) is 8.54. The number of carbonyl (C=O) groups excluding carboxylic acids is 1. The SMILES string of the molecule is CC[NH+](CC(=O)Nc1cccc(I)c1)Cc1cccs1. The highest BCUT2D eigenvalue weighted by molar-refractivity contribution is 14.1. The number of nitrogens with one attached hydrogen (secondary N) is 2. The van der Waals surface area contributed by atoms with E-state index in [9.17, 15) is 4.79 Å². The predicted octanol–water partition coefficient (Wildman–Crippen LogP) is 2.40.